The second-order valence-electron chi connectivity index (χ2n) is 7.99. The third-order valence-corrected chi connectivity index (χ3v) is 6.27. The molecule has 4 rings (SSSR count). The summed E-state index contributed by atoms with van der Waals surface area (Å²) in [6, 6.07) is 25.0. The lowest BCUT2D eigenvalue weighted by molar-refractivity contribution is 0.0954. The topological polar surface area (TPSA) is 71.3 Å². The van der Waals surface area contributed by atoms with E-state index in [2.05, 4.69) is 16.0 Å². The van der Waals surface area contributed by atoms with Gasteiger partial charge in [-0.3, -0.25) is 4.79 Å². The van der Waals surface area contributed by atoms with E-state index < -0.39 is 11.1 Å². The van der Waals surface area contributed by atoms with Gasteiger partial charge in [-0.05, 0) is 72.5 Å². The highest BCUT2D eigenvalue weighted by atomic mass is 32.2. The minimum atomic E-state index is -1.90. The predicted octanol–water partition coefficient (Wildman–Crippen LogP) is 5.29. The summed E-state index contributed by atoms with van der Waals surface area (Å²) in [5.41, 5.74) is 6.13. The molecule has 174 valence electrons. The van der Waals surface area contributed by atoms with Crippen LogP contribution in [0.5, 0.6) is 0 Å². The molecule has 34 heavy (non-hydrogen) atoms. The third kappa shape index (κ3) is 5.50. The van der Waals surface area contributed by atoms with Crippen LogP contribution in [-0.4, -0.2) is 25.8 Å². The Morgan fingerprint density at radius 1 is 1.00 bits per heavy atom. The fraction of sp³-hybridized carbons (Fsp3) is 0.148. The number of aromatic nitrogens is 1. The van der Waals surface area contributed by atoms with Gasteiger partial charge in [0, 0.05) is 23.5 Å². The highest BCUT2D eigenvalue weighted by Gasteiger charge is 2.16. The van der Waals surface area contributed by atoms with Gasteiger partial charge in [-0.1, -0.05) is 42.5 Å². The van der Waals surface area contributed by atoms with E-state index in [1.165, 1.54) is 12.1 Å². The van der Waals surface area contributed by atoms with Gasteiger partial charge in [0.25, 0.3) is 5.91 Å². The van der Waals surface area contributed by atoms with Gasteiger partial charge in [-0.15, -0.1) is 0 Å². The van der Waals surface area contributed by atoms with Crippen molar-refractivity contribution in [2.45, 2.75) is 19.1 Å². The minimum Gasteiger partial charge on any atom is -0.352 e. The lowest BCUT2D eigenvalue weighted by Gasteiger charge is -2.13. The molecule has 1 aromatic heterocycles. The average molecular weight is 477 g/mol. The summed E-state index contributed by atoms with van der Waals surface area (Å²) in [6.07, 6.45) is 0.632. The van der Waals surface area contributed by atoms with Gasteiger partial charge in [-0.2, -0.15) is 0 Å². The molecule has 0 aliphatic heterocycles. The molecule has 1 amide bonds. The number of halogens is 1. The molecule has 0 saturated heterocycles. The standard InChI is InChI=1S/C27H25FN2O3S/c1-19-23(15-16-29-27(31)22-5-3-2-4-6-22)17-26(30(19)25-13-11-24(28)12-14-25)21-9-7-20(8-10-21)18-34(32)33/h2-14,17H,15-16,18H2,1H3,(H,29,31)(H,32,33). The normalized spacial score (nSPS) is 11.9. The maximum absolute atomic E-state index is 13.6. The summed E-state index contributed by atoms with van der Waals surface area (Å²) in [4.78, 5) is 12.4. The zero-order chi connectivity index (χ0) is 24.1. The van der Waals surface area contributed by atoms with Crippen LogP contribution < -0.4 is 5.32 Å². The van der Waals surface area contributed by atoms with E-state index in [9.17, 15) is 13.4 Å². The number of amides is 1. The van der Waals surface area contributed by atoms with Crippen LogP contribution in [0.25, 0.3) is 16.9 Å². The fourth-order valence-corrected chi connectivity index (χ4v) is 4.44. The Balaban J connectivity index is 1.62. The molecule has 0 spiro atoms. The van der Waals surface area contributed by atoms with Crippen LogP contribution in [0.15, 0.2) is 84.9 Å². The van der Waals surface area contributed by atoms with Crippen molar-refractivity contribution >= 4 is 17.0 Å². The van der Waals surface area contributed by atoms with Crippen molar-refractivity contribution in [2.75, 3.05) is 6.54 Å². The van der Waals surface area contributed by atoms with Crippen LogP contribution in [0.4, 0.5) is 4.39 Å². The first-order valence-corrected chi connectivity index (χ1v) is 12.2. The Kier molecular flexibility index (Phi) is 7.35. The molecule has 0 aliphatic carbocycles. The van der Waals surface area contributed by atoms with Crippen LogP contribution in [0.3, 0.4) is 0 Å². The first-order valence-electron chi connectivity index (χ1n) is 10.9. The molecule has 5 nitrogen and oxygen atoms in total. The van der Waals surface area contributed by atoms with Gasteiger partial charge in [0.05, 0.1) is 11.4 Å². The van der Waals surface area contributed by atoms with E-state index in [4.69, 9.17) is 4.55 Å². The fourth-order valence-electron chi connectivity index (χ4n) is 3.96. The van der Waals surface area contributed by atoms with Crippen LogP contribution in [0.2, 0.25) is 0 Å². The number of hydrogen-bond donors (Lipinski definition) is 2. The minimum absolute atomic E-state index is 0.0741. The maximum atomic E-state index is 13.6. The summed E-state index contributed by atoms with van der Waals surface area (Å²) in [5, 5.41) is 2.97. The second kappa shape index (κ2) is 10.6. The molecule has 1 atom stereocenters. The number of nitrogens with zero attached hydrogens (tertiary/aromatic N) is 1. The van der Waals surface area contributed by atoms with Crippen molar-refractivity contribution in [1.82, 2.24) is 9.88 Å². The molecule has 4 aromatic rings. The number of nitrogens with one attached hydrogen (secondary N) is 1. The molecule has 3 aromatic carbocycles. The molecular weight excluding hydrogens is 451 g/mol. The number of benzene rings is 3. The quantitative estimate of drug-likeness (QED) is 0.340. The molecule has 0 saturated carbocycles. The first-order chi connectivity index (χ1) is 16.4. The molecule has 1 heterocycles. The van der Waals surface area contributed by atoms with E-state index >= 15 is 0 Å². The Labute approximate surface area is 200 Å². The molecule has 0 bridgehead atoms. The van der Waals surface area contributed by atoms with E-state index in [1.54, 1.807) is 24.3 Å². The monoisotopic (exact) mass is 476 g/mol. The van der Waals surface area contributed by atoms with Gasteiger partial charge in [0.15, 0.2) is 11.1 Å². The molecule has 0 radical (unpaired) electrons. The van der Waals surface area contributed by atoms with E-state index in [-0.39, 0.29) is 17.5 Å². The lowest BCUT2D eigenvalue weighted by atomic mass is 10.1. The Morgan fingerprint density at radius 3 is 2.32 bits per heavy atom. The van der Waals surface area contributed by atoms with Gasteiger partial charge < -0.3 is 14.4 Å². The van der Waals surface area contributed by atoms with Gasteiger partial charge >= 0.3 is 0 Å². The van der Waals surface area contributed by atoms with Crippen LogP contribution >= 0.6 is 0 Å². The smallest absolute Gasteiger partial charge is 0.251 e. The molecular formula is C27H25FN2O3S. The molecule has 1 unspecified atom stereocenters. The summed E-state index contributed by atoms with van der Waals surface area (Å²) in [7, 11) is 0. The van der Waals surface area contributed by atoms with Crippen molar-refractivity contribution < 1.29 is 17.9 Å². The van der Waals surface area contributed by atoms with E-state index in [0.717, 1.165) is 33.8 Å². The summed E-state index contributed by atoms with van der Waals surface area (Å²) >= 11 is -1.90. The predicted molar refractivity (Wildman–Crippen MR) is 133 cm³/mol. The van der Waals surface area contributed by atoms with Crippen LogP contribution in [0, 0.1) is 12.7 Å². The SMILES string of the molecule is Cc1c(CCNC(=O)c2ccccc2)cc(-c2ccc(CS(=O)O)cc2)n1-c1ccc(F)cc1. The van der Waals surface area contributed by atoms with Gasteiger partial charge in [0.1, 0.15) is 5.82 Å². The van der Waals surface area contributed by atoms with Crippen LogP contribution in [0.1, 0.15) is 27.2 Å². The second-order valence-corrected chi connectivity index (χ2v) is 8.92. The third-order valence-electron chi connectivity index (χ3n) is 5.69. The highest BCUT2D eigenvalue weighted by molar-refractivity contribution is 7.78. The van der Waals surface area contributed by atoms with Crippen molar-refractivity contribution in [2.24, 2.45) is 0 Å². The number of carbonyl (C=O) groups is 1. The number of rotatable bonds is 8. The summed E-state index contributed by atoms with van der Waals surface area (Å²) in [5.74, 6) is -0.349. The maximum Gasteiger partial charge on any atom is 0.251 e. The average Bonchev–Trinajstić information content (AvgIpc) is 3.16. The molecule has 7 heteroatoms. The lowest BCUT2D eigenvalue weighted by Crippen LogP contribution is -2.25. The largest absolute Gasteiger partial charge is 0.352 e. The zero-order valence-corrected chi connectivity index (χ0v) is 19.5. The van der Waals surface area contributed by atoms with Crippen molar-refractivity contribution in [3.8, 4) is 16.9 Å². The molecule has 0 fully saturated rings. The number of carbonyl (C=O) groups excluding carboxylic acids is 1. The first kappa shape index (κ1) is 23.6. The zero-order valence-electron chi connectivity index (χ0n) is 18.7. The van der Waals surface area contributed by atoms with Gasteiger partial charge in [0.2, 0.25) is 0 Å². The van der Waals surface area contributed by atoms with Crippen molar-refractivity contribution in [3.63, 3.8) is 0 Å². The van der Waals surface area contributed by atoms with Gasteiger partial charge in [-0.25, -0.2) is 8.60 Å². The van der Waals surface area contributed by atoms with E-state index in [0.29, 0.717) is 18.5 Å². The molecule has 2 N–H and O–H groups in total. The van der Waals surface area contributed by atoms with E-state index in [1.807, 2.05) is 49.4 Å². The Hall–Kier alpha value is -3.55. The molecule has 0 aliphatic rings. The Bertz CT molecular complexity index is 1300. The summed E-state index contributed by atoms with van der Waals surface area (Å²) < 4.78 is 35.9. The Morgan fingerprint density at radius 2 is 1.68 bits per heavy atom. The highest BCUT2D eigenvalue weighted by Crippen LogP contribution is 2.30. The number of hydrogen-bond acceptors (Lipinski definition) is 2. The van der Waals surface area contributed by atoms with Crippen molar-refractivity contribution in [1.29, 1.82) is 0 Å². The summed E-state index contributed by atoms with van der Waals surface area (Å²) in [6.45, 7) is 2.48. The van der Waals surface area contributed by atoms with Crippen molar-refractivity contribution in [3.05, 3.63) is 113 Å². The van der Waals surface area contributed by atoms with Crippen LogP contribution in [-0.2, 0) is 23.3 Å².